The highest BCUT2D eigenvalue weighted by molar-refractivity contribution is 7.89. The topological polar surface area (TPSA) is 101 Å². The number of benzene rings is 1. The molecule has 1 unspecified atom stereocenters. The summed E-state index contributed by atoms with van der Waals surface area (Å²) in [6.07, 6.45) is 2.29. The van der Waals surface area contributed by atoms with Crippen molar-refractivity contribution < 1.29 is 13.3 Å². The molecule has 1 aliphatic rings. The molecule has 1 saturated carbocycles. The number of rotatable bonds is 7. The highest BCUT2D eigenvalue weighted by atomic mass is 32.2. The molecule has 1 aromatic rings. The first-order valence-electron chi connectivity index (χ1n) is 6.81. The lowest BCUT2D eigenvalue weighted by Gasteiger charge is -2.12. The second-order valence-electron chi connectivity index (χ2n) is 5.35. The number of sulfonamides is 1. The summed E-state index contributed by atoms with van der Waals surface area (Å²) >= 11 is 0. The summed E-state index contributed by atoms with van der Waals surface area (Å²) in [4.78, 5) is 10.3. The van der Waals surface area contributed by atoms with E-state index in [0.29, 0.717) is 12.5 Å². The minimum atomic E-state index is -3.72. The predicted octanol–water partition coefficient (Wildman–Crippen LogP) is 1.96. The van der Waals surface area contributed by atoms with E-state index in [2.05, 4.69) is 10.0 Å². The van der Waals surface area contributed by atoms with Gasteiger partial charge in [0.1, 0.15) is 5.69 Å². The minimum absolute atomic E-state index is 0.0869. The second-order valence-corrected chi connectivity index (χ2v) is 7.12. The average molecular weight is 313 g/mol. The fourth-order valence-corrected chi connectivity index (χ4v) is 3.36. The van der Waals surface area contributed by atoms with Crippen LogP contribution in [0.1, 0.15) is 19.8 Å². The zero-order valence-corrected chi connectivity index (χ0v) is 12.8. The molecule has 21 heavy (non-hydrogen) atoms. The SMILES string of the molecule is CNc1ccc(S(=O)(=O)NCC(C)C2CC2)cc1[N+](=O)[O-]. The molecule has 8 heteroatoms. The van der Waals surface area contributed by atoms with E-state index < -0.39 is 14.9 Å². The van der Waals surface area contributed by atoms with Gasteiger partial charge in [0.25, 0.3) is 5.69 Å². The molecule has 1 atom stereocenters. The molecular weight excluding hydrogens is 294 g/mol. The molecule has 1 aromatic carbocycles. The van der Waals surface area contributed by atoms with E-state index >= 15 is 0 Å². The van der Waals surface area contributed by atoms with Crippen molar-refractivity contribution in [1.29, 1.82) is 0 Å². The lowest BCUT2D eigenvalue weighted by molar-refractivity contribution is -0.384. The molecule has 1 fully saturated rings. The second kappa shape index (κ2) is 5.98. The maximum atomic E-state index is 12.2. The molecule has 0 saturated heterocycles. The molecule has 0 spiro atoms. The highest BCUT2D eigenvalue weighted by Gasteiger charge is 2.29. The Balaban J connectivity index is 2.18. The van der Waals surface area contributed by atoms with Crippen LogP contribution in [0.5, 0.6) is 0 Å². The number of nitro benzene ring substituents is 1. The molecule has 0 amide bonds. The van der Waals surface area contributed by atoms with Crippen molar-refractivity contribution in [2.75, 3.05) is 18.9 Å². The van der Waals surface area contributed by atoms with Gasteiger partial charge in [-0.15, -0.1) is 0 Å². The lowest BCUT2D eigenvalue weighted by atomic mass is 10.1. The Hall–Kier alpha value is -1.67. The van der Waals surface area contributed by atoms with Crippen molar-refractivity contribution in [2.45, 2.75) is 24.7 Å². The summed E-state index contributed by atoms with van der Waals surface area (Å²) in [7, 11) is -2.18. The van der Waals surface area contributed by atoms with Crippen LogP contribution in [0, 0.1) is 22.0 Å². The van der Waals surface area contributed by atoms with Crippen LogP contribution in [0.4, 0.5) is 11.4 Å². The fraction of sp³-hybridized carbons (Fsp3) is 0.538. The van der Waals surface area contributed by atoms with Crippen LogP contribution in [-0.2, 0) is 10.0 Å². The van der Waals surface area contributed by atoms with Crippen molar-refractivity contribution in [3.05, 3.63) is 28.3 Å². The molecule has 2 N–H and O–H groups in total. The van der Waals surface area contributed by atoms with Crippen LogP contribution in [-0.4, -0.2) is 26.9 Å². The Labute approximate surface area is 123 Å². The Morgan fingerprint density at radius 3 is 2.62 bits per heavy atom. The summed E-state index contributed by atoms with van der Waals surface area (Å²) < 4.78 is 26.9. The van der Waals surface area contributed by atoms with Crippen molar-refractivity contribution in [3.63, 3.8) is 0 Å². The van der Waals surface area contributed by atoms with Crippen LogP contribution in [0.3, 0.4) is 0 Å². The highest BCUT2D eigenvalue weighted by Crippen LogP contribution is 2.36. The molecule has 2 rings (SSSR count). The first-order chi connectivity index (χ1) is 9.85. The van der Waals surface area contributed by atoms with E-state index in [9.17, 15) is 18.5 Å². The number of hydrogen-bond donors (Lipinski definition) is 2. The number of hydrogen-bond acceptors (Lipinski definition) is 5. The predicted molar refractivity (Wildman–Crippen MR) is 79.7 cm³/mol. The van der Waals surface area contributed by atoms with Gasteiger partial charge in [0.15, 0.2) is 0 Å². The lowest BCUT2D eigenvalue weighted by Crippen LogP contribution is -2.29. The maximum absolute atomic E-state index is 12.2. The maximum Gasteiger partial charge on any atom is 0.293 e. The van der Waals surface area contributed by atoms with Crippen molar-refractivity contribution in [1.82, 2.24) is 4.72 Å². The van der Waals surface area contributed by atoms with Gasteiger partial charge in [0, 0.05) is 19.7 Å². The molecule has 0 bridgehead atoms. The van der Waals surface area contributed by atoms with Crippen LogP contribution < -0.4 is 10.0 Å². The van der Waals surface area contributed by atoms with Crippen molar-refractivity contribution >= 4 is 21.4 Å². The van der Waals surface area contributed by atoms with Gasteiger partial charge in [-0.2, -0.15) is 0 Å². The van der Waals surface area contributed by atoms with E-state index in [1.807, 2.05) is 6.92 Å². The van der Waals surface area contributed by atoms with Crippen molar-refractivity contribution in [2.24, 2.45) is 11.8 Å². The minimum Gasteiger partial charge on any atom is -0.383 e. The number of nitrogens with one attached hydrogen (secondary N) is 2. The summed E-state index contributed by atoms with van der Waals surface area (Å²) in [5.41, 5.74) is 0.0286. The Morgan fingerprint density at radius 1 is 1.43 bits per heavy atom. The van der Waals surface area contributed by atoms with Gasteiger partial charge in [-0.05, 0) is 36.8 Å². The number of nitro groups is 1. The summed E-state index contributed by atoms with van der Waals surface area (Å²) in [5.74, 6) is 0.875. The monoisotopic (exact) mass is 313 g/mol. The third kappa shape index (κ3) is 3.70. The fourth-order valence-electron chi connectivity index (χ4n) is 2.20. The average Bonchev–Trinajstić information content (AvgIpc) is 3.28. The van der Waals surface area contributed by atoms with Gasteiger partial charge < -0.3 is 5.32 Å². The standard InChI is InChI=1S/C13H19N3O4S/c1-9(10-3-4-10)8-15-21(19,20)11-5-6-12(14-2)13(7-11)16(17)18/h5-7,9-10,14-15H,3-4,8H2,1-2H3. The van der Waals surface area contributed by atoms with Crippen LogP contribution >= 0.6 is 0 Å². The van der Waals surface area contributed by atoms with E-state index in [4.69, 9.17) is 0 Å². The molecule has 0 radical (unpaired) electrons. The Kier molecular flexibility index (Phi) is 4.48. The van der Waals surface area contributed by atoms with E-state index in [0.717, 1.165) is 18.9 Å². The summed E-state index contributed by atoms with van der Waals surface area (Å²) in [6.45, 7) is 2.36. The Morgan fingerprint density at radius 2 is 2.10 bits per heavy atom. The van der Waals surface area contributed by atoms with Crippen LogP contribution in [0.2, 0.25) is 0 Å². The van der Waals surface area contributed by atoms with Crippen LogP contribution in [0.15, 0.2) is 23.1 Å². The Bertz CT molecular complexity index is 641. The zero-order chi connectivity index (χ0) is 15.6. The first kappa shape index (κ1) is 15.7. The van der Waals surface area contributed by atoms with Crippen molar-refractivity contribution in [3.8, 4) is 0 Å². The smallest absolute Gasteiger partial charge is 0.293 e. The van der Waals surface area contributed by atoms with Gasteiger partial charge in [-0.25, -0.2) is 13.1 Å². The molecule has 1 aliphatic carbocycles. The number of anilines is 1. The first-order valence-corrected chi connectivity index (χ1v) is 8.29. The number of nitrogens with zero attached hydrogens (tertiary/aromatic N) is 1. The molecule has 0 aliphatic heterocycles. The normalized spacial score (nSPS) is 16.5. The van der Waals surface area contributed by atoms with Gasteiger partial charge >= 0.3 is 0 Å². The van der Waals surface area contributed by atoms with E-state index in [-0.39, 0.29) is 22.2 Å². The molecule has 116 valence electrons. The van der Waals surface area contributed by atoms with Crippen LogP contribution in [0.25, 0.3) is 0 Å². The summed E-state index contributed by atoms with van der Waals surface area (Å²) in [5, 5.41) is 13.6. The molecule has 0 heterocycles. The van der Waals surface area contributed by atoms with E-state index in [1.54, 1.807) is 7.05 Å². The third-order valence-corrected chi connectivity index (χ3v) is 5.19. The quantitative estimate of drug-likeness (QED) is 0.592. The third-order valence-electron chi connectivity index (χ3n) is 3.77. The van der Waals surface area contributed by atoms with Gasteiger partial charge in [-0.1, -0.05) is 6.92 Å². The van der Waals surface area contributed by atoms with Gasteiger partial charge in [-0.3, -0.25) is 10.1 Å². The molecule has 7 nitrogen and oxygen atoms in total. The van der Waals surface area contributed by atoms with Gasteiger partial charge in [0.05, 0.1) is 9.82 Å². The summed E-state index contributed by atoms with van der Waals surface area (Å²) in [6, 6.07) is 3.84. The largest absolute Gasteiger partial charge is 0.383 e. The molecular formula is C13H19N3O4S. The molecule has 0 aromatic heterocycles. The zero-order valence-electron chi connectivity index (χ0n) is 12.0. The van der Waals surface area contributed by atoms with E-state index in [1.165, 1.54) is 12.1 Å². The van der Waals surface area contributed by atoms with Gasteiger partial charge in [0.2, 0.25) is 10.0 Å².